The largest absolute Gasteiger partial charge is 0.486 e. The minimum absolute atomic E-state index is 0.000174. The van der Waals surface area contributed by atoms with Crippen LogP contribution in [0.4, 0.5) is 0 Å². The van der Waals surface area contributed by atoms with E-state index in [1.165, 1.54) is 0 Å². The summed E-state index contributed by atoms with van der Waals surface area (Å²) in [4.78, 5) is 27.4. The second-order valence-corrected chi connectivity index (χ2v) is 7.35. The number of nitrogens with zero attached hydrogens (tertiary/aromatic N) is 3. The monoisotopic (exact) mass is 409 g/mol. The number of hydrogen-bond acceptors (Lipinski definition) is 4. The van der Waals surface area contributed by atoms with Crippen LogP contribution in [0, 0.1) is 0 Å². The Balaban J connectivity index is 1.43. The number of amides is 1. The van der Waals surface area contributed by atoms with Gasteiger partial charge >= 0.3 is 5.69 Å². The van der Waals surface area contributed by atoms with E-state index in [1.807, 2.05) is 62.4 Å². The molecule has 7 nitrogen and oxygen atoms in total. The summed E-state index contributed by atoms with van der Waals surface area (Å²) in [7, 11) is 0. The fraction of sp³-hybridized carbons (Fsp3) is 0.391. The lowest BCUT2D eigenvalue weighted by Crippen LogP contribution is -2.44. The summed E-state index contributed by atoms with van der Waals surface area (Å²) in [5, 5.41) is 0. The number of aromatic nitrogens is 2. The van der Waals surface area contributed by atoms with Gasteiger partial charge in [-0.25, -0.2) is 4.79 Å². The van der Waals surface area contributed by atoms with Gasteiger partial charge in [0.2, 0.25) is 5.91 Å². The number of imidazole rings is 1. The maximum absolute atomic E-state index is 12.9. The second kappa shape index (κ2) is 8.65. The Morgan fingerprint density at radius 2 is 1.70 bits per heavy atom. The van der Waals surface area contributed by atoms with E-state index >= 15 is 0 Å². The summed E-state index contributed by atoms with van der Waals surface area (Å²) in [6, 6.07) is 15.3. The number of para-hydroxylation sites is 4. The van der Waals surface area contributed by atoms with Gasteiger partial charge in [0.1, 0.15) is 6.61 Å². The number of carbonyl (C=O) groups is 1. The molecule has 0 spiro atoms. The van der Waals surface area contributed by atoms with E-state index in [4.69, 9.17) is 9.47 Å². The van der Waals surface area contributed by atoms with Crippen molar-refractivity contribution in [2.45, 2.75) is 39.5 Å². The van der Waals surface area contributed by atoms with Crippen LogP contribution in [-0.2, 0) is 17.9 Å². The first-order valence-electron chi connectivity index (χ1n) is 10.5. The van der Waals surface area contributed by atoms with E-state index in [0.29, 0.717) is 38.5 Å². The van der Waals surface area contributed by atoms with Gasteiger partial charge < -0.3 is 14.4 Å². The van der Waals surface area contributed by atoms with Crippen LogP contribution in [0.2, 0.25) is 0 Å². The van der Waals surface area contributed by atoms with Crippen molar-refractivity contribution in [3.8, 4) is 11.5 Å². The minimum atomic E-state index is -0.214. The van der Waals surface area contributed by atoms with Gasteiger partial charge in [-0.1, -0.05) is 24.3 Å². The molecular weight excluding hydrogens is 382 g/mol. The maximum Gasteiger partial charge on any atom is 0.329 e. The number of likely N-dealkylation sites (N-methyl/N-ethyl adjacent to an activating group) is 1. The Labute approximate surface area is 175 Å². The predicted octanol–water partition coefficient (Wildman–Crippen LogP) is 2.90. The molecule has 0 radical (unpaired) electrons. The molecule has 0 fully saturated rings. The minimum Gasteiger partial charge on any atom is -0.486 e. The topological polar surface area (TPSA) is 65.7 Å². The van der Waals surface area contributed by atoms with Crippen LogP contribution in [0.1, 0.15) is 20.3 Å². The maximum atomic E-state index is 12.9. The van der Waals surface area contributed by atoms with Crippen LogP contribution in [0.25, 0.3) is 11.0 Å². The lowest BCUT2D eigenvalue weighted by atomic mass is 10.2. The fourth-order valence-corrected chi connectivity index (χ4v) is 3.97. The van der Waals surface area contributed by atoms with Crippen molar-refractivity contribution in [1.82, 2.24) is 14.0 Å². The lowest BCUT2D eigenvalue weighted by Gasteiger charge is -2.31. The average Bonchev–Trinajstić information content (AvgIpc) is 3.06. The summed E-state index contributed by atoms with van der Waals surface area (Å²) >= 11 is 0. The van der Waals surface area contributed by atoms with Crippen LogP contribution in [0.3, 0.4) is 0 Å². The van der Waals surface area contributed by atoms with Crippen molar-refractivity contribution in [3.63, 3.8) is 0 Å². The smallest absolute Gasteiger partial charge is 0.329 e. The first kappa shape index (κ1) is 20.1. The molecule has 0 saturated heterocycles. The molecule has 1 atom stereocenters. The third-order valence-electron chi connectivity index (χ3n) is 5.52. The van der Waals surface area contributed by atoms with Crippen molar-refractivity contribution in [3.05, 3.63) is 59.0 Å². The number of carbonyl (C=O) groups excluding carboxylic acids is 1. The highest BCUT2D eigenvalue weighted by atomic mass is 16.6. The van der Waals surface area contributed by atoms with Gasteiger partial charge in [0, 0.05) is 26.1 Å². The number of ether oxygens (including phenoxy) is 2. The Morgan fingerprint density at radius 3 is 2.40 bits per heavy atom. The molecule has 3 aromatic rings. The van der Waals surface area contributed by atoms with Crippen molar-refractivity contribution in [1.29, 1.82) is 0 Å². The summed E-state index contributed by atoms with van der Waals surface area (Å²) in [6.07, 6.45) is 0.0452. The average molecular weight is 409 g/mol. The molecule has 7 heteroatoms. The molecule has 2 heterocycles. The lowest BCUT2D eigenvalue weighted by molar-refractivity contribution is -0.132. The van der Waals surface area contributed by atoms with Crippen LogP contribution in [0.15, 0.2) is 53.3 Å². The summed E-state index contributed by atoms with van der Waals surface area (Å²) in [5.41, 5.74) is 1.69. The van der Waals surface area contributed by atoms with E-state index in [9.17, 15) is 9.59 Å². The zero-order valence-corrected chi connectivity index (χ0v) is 17.4. The van der Waals surface area contributed by atoms with E-state index in [1.54, 1.807) is 14.0 Å². The second-order valence-electron chi connectivity index (χ2n) is 7.35. The molecule has 1 unspecified atom stereocenters. The molecule has 30 heavy (non-hydrogen) atoms. The number of aryl methyl sites for hydroxylation is 2. The zero-order chi connectivity index (χ0) is 21.1. The van der Waals surface area contributed by atoms with Gasteiger partial charge in [0.15, 0.2) is 17.6 Å². The normalized spacial score (nSPS) is 15.3. The highest BCUT2D eigenvalue weighted by Gasteiger charge is 2.25. The molecule has 0 N–H and O–H groups in total. The van der Waals surface area contributed by atoms with Crippen LogP contribution in [-0.4, -0.2) is 45.7 Å². The highest BCUT2D eigenvalue weighted by molar-refractivity contribution is 5.78. The molecule has 4 rings (SSSR count). The Kier molecular flexibility index (Phi) is 5.79. The molecule has 158 valence electrons. The summed E-state index contributed by atoms with van der Waals surface area (Å²) in [5.74, 6) is 1.44. The molecule has 1 aromatic heterocycles. The molecular formula is C23H27N3O4. The Hall–Kier alpha value is -3.22. The quantitative estimate of drug-likeness (QED) is 0.602. The fourth-order valence-electron chi connectivity index (χ4n) is 3.97. The summed E-state index contributed by atoms with van der Waals surface area (Å²) in [6.45, 7) is 6.29. The Bertz CT molecular complexity index is 1100. The molecule has 1 amide bonds. The molecule has 1 aliphatic heterocycles. The number of hydrogen-bond donors (Lipinski definition) is 0. The van der Waals surface area contributed by atoms with Crippen molar-refractivity contribution in [2.75, 3.05) is 19.7 Å². The SMILES string of the molecule is CCN(CC1COc2ccccc2O1)C(=O)CCn1c(=O)n(CC)c2ccccc21. The Morgan fingerprint density at radius 1 is 1.03 bits per heavy atom. The number of rotatable bonds is 7. The van der Waals surface area contributed by atoms with Crippen LogP contribution >= 0.6 is 0 Å². The number of fused-ring (bicyclic) bond motifs is 2. The first-order chi connectivity index (χ1) is 14.6. The van der Waals surface area contributed by atoms with Gasteiger partial charge in [-0.2, -0.15) is 0 Å². The molecule has 0 bridgehead atoms. The van der Waals surface area contributed by atoms with Gasteiger partial charge in [-0.3, -0.25) is 13.9 Å². The van der Waals surface area contributed by atoms with Gasteiger partial charge in [-0.15, -0.1) is 0 Å². The highest BCUT2D eigenvalue weighted by Crippen LogP contribution is 2.31. The van der Waals surface area contributed by atoms with Crippen molar-refractivity contribution >= 4 is 16.9 Å². The summed E-state index contributed by atoms with van der Waals surface area (Å²) < 4.78 is 15.2. The number of benzene rings is 2. The van der Waals surface area contributed by atoms with Crippen LogP contribution in [0.5, 0.6) is 11.5 Å². The third kappa shape index (κ3) is 3.79. The van der Waals surface area contributed by atoms with Crippen molar-refractivity contribution in [2.24, 2.45) is 0 Å². The van der Waals surface area contributed by atoms with E-state index in [-0.39, 0.29) is 24.1 Å². The van der Waals surface area contributed by atoms with Gasteiger partial charge in [0.05, 0.1) is 17.6 Å². The van der Waals surface area contributed by atoms with Gasteiger partial charge in [-0.05, 0) is 38.1 Å². The van der Waals surface area contributed by atoms with E-state index in [0.717, 1.165) is 16.8 Å². The van der Waals surface area contributed by atoms with E-state index in [2.05, 4.69) is 0 Å². The standard InChI is InChI=1S/C23H27N3O4/c1-3-24(15-17-16-29-20-11-7-8-12-21(20)30-17)22(27)13-14-26-19-10-6-5-9-18(19)25(4-2)23(26)28/h5-12,17H,3-4,13-16H2,1-2H3. The molecule has 1 aliphatic rings. The predicted molar refractivity (Wildman–Crippen MR) is 115 cm³/mol. The third-order valence-corrected chi connectivity index (χ3v) is 5.52. The van der Waals surface area contributed by atoms with E-state index < -0.39 is 0 Å². The van der Waals surface area contributed by atoms with Crippen LogP contribution < -0.4 is 15.2 Å². The molecule has 0 saturated carbocycles. The first-order valence-corrected chi connectivity index (χ1v) is 10.5. The molecule has 2 aromatic carbocycles. The van der Waals surface area contributed by atoms with Gasteiger partial charge in [0.25, 0.3) is 0 Å². The molecule has 0 aliphatic carbocycles. The zero-order valence-electron chi connectivity index (χ0n) is 17.4. The van der Waals surface area contributed by atoms with Crippen molar-refractivity contribution < 1.29 is 14.3 Å².